The van der Waals surface area contributed by atoms with E-state index in [2.05, 4.69) is 65.1 Å². The van der Waals surface area contributed by atoms with Crippen LogP contribution in [0.15, 0.2) is 64.7 Å². The van der Waals surface area contributed by atoms with E-state index in [1.54, 1.807) is 7.11 Å². The van der Waals surface area contributed by atoms with Crippen LogP contribution in [0.4, 0.5) is 5.69 Å². The summed E-state index contributed by atoms with van der Waals surface area (Å²) in [7, 11) is 5.33. The van der Waals surface area contributed by atoms with Crippen molar-refractivity contribution in [1.29, 1.82) is 0 Å². The summed E-state index contributed by atoms with van der Waals surface area (Å²) in [5.41, 5.74) is 4.26. The summed E-state index contributed by atoms with van der Waals surface area (Å²) >= 11 is 3.67. The van der Waals surface area contributed by atoms with Crippen LogP contribution in [0.1, 0.15) is 30.1 Å². The number of benzene rings is 2. The third kappa shape index (κ3) is 3.21. The second kappa shape index (κ2) is 7.96. The normalized spacial score (nSPS) is 24.5. The lowest BCUT2D eigenvalue weighted by molar-refractivity contribution is -0.136. The highest BCUT2D eigenvalue weighted by atomic mass is 79.9. The number of likely N-dealkylation sites (N-methyl/N-ethyl adjacent to an activating group) is 1. The summed E-state index contributed by atoms with van der Waals surface area (Å²) in [6.07, 6.45) is 2.03. The highest BCUT2D eigenvalue weighted by molar-refractivity contribution is 9.10. The molecule has 5 atom stereocenters. The zero-order valence-electron chi connectivity index (χ0n) is 17.1. The van der Waals surface area contributed by atoms with Crippen LogP contribution in [0, 0.1) is 11.8 Å². The number of ether oxygens (including phenoxy) is 2. The Morgan fingerprint density at radius 1 is 1.10 bits per heavy atom. The van der Waals surface area contributed by atoms with Crippen LogP contribution in [-0.2, 0) is 14.3 Å². The van der Waals surface area contributed by atoms with Crippen LogP contribution in [0.5, 0.6) is 0 Å². The van der Waals surface area contributed by atoms with Crippen LogP contribution >= 0.6 is 15.9 Å². The SMILES string of the molecule is COC(=O)C1=C[C@H]([C@@H](C)[C@H](OC)c2ccccc2Br)[C@@H]2[C@H]1c1ccccc1N2C. The monoisotopic (exact) mass is 455 g/mol. The molecule has 0 radical (unpaired) electrons. The first kappa shape index (κ1) is 20.2. The number of nitrogens with zero attached hydrogens (tertiary/aromatic N) is 1. The van der Waals surface area contributed by atoms with E-state index in [-0.39, 0.29) is 35.9 Å². The molecule has 1 aliphatic heterocycles. The molecule has 0 saturated carbocycles. The van der Waals surface area contributed by atoms with Gasteiger partial charge in [0, 0.05) is 47.8 Å². The second-order valence-electron chi connectivity index (χ2n) is 7.87. The lowest BCUT2D eigenvalue weighted by Crippen LogP contribution is -2.38. The Balaban J connectivity index is 1.76. The predicted octanol–water partition coefficient (Wildman–Crippen LogP) is 5.10. The number of fused-ring (bicyclic) bond motifs is 3. The molecule has 0 unspecified atom stereocenters. The zero-order chi connectivity index (χ0) is 20.7. The fourth-order valence-electron chi connectivity index (χ4n) is 5.19. The van der Waals surface area contributed by atoms with Gasteiger partial charge in [-0.2, -0.15) is 0 Å². The van der Waals surface area contributed by atoms with Crippen LogP contribution in [0.3, 0.4) is 0 Å². The number of halogens is 1. The van der Waals surface area contributed by atoms with E-state index in [0.29, 0.717) is 0 Å². The Bertz CT molecular complexity index is 957. The fraction of sp³-hybridized carbons (Fsp3) is 0.375. The van der Waals surface area contributed by atoms with E-state index < -0.39 is 0 Å². The van der Waals surface area contributed by atoms with Crippen molar-refractivity contribution in [3.63, 3.8) is 0 Å². The van der Waals surface area contributed by atoms with Crippen LogP contribution in [0.25, 0.3) is 0 Å². The van der Waals surface area contributed by atoms with Crippen molar-refractivity contribution < 1.29 is 14.3 Å². The number of anilines is 1. The average Bonchev–Trinajstić information content (AvgIpc) is 3.27. The van der Waals surface area contributed by atoms with Gasteiger partial charge in [0.2, 0.25) is 0 Å². The summed E-state index contributed by atoms with van der Waals surface area (Å²) in [6.45, 7) is 2.21. The first-order chi connectivity index (χ1) is 14.0. The molecule has 2 aliphatic rings. The number of carbonyl (C=O) groups is 1. The summed E-state index contributed by atoms with van der Waals surface area (Å²) in [6, 6.07) is 16.7. The minimum atomic E-state index is -0.241. The molecule has 152 valence electrons. The van der Waals surface area contributed by atoms with Gasteiger partial charge in [0.05, 0.1) is 13.2 Å². The topological polar surface area (TPSA) is 38.8 Å². The summed E-state index contributed by atoms with van der Waals surface area (Å²) in [4.78, 5) is 15.0. The molecule has 0 N–H and O–H groups in total. The van der Waals surface area contributed by atoms with E-state index in [1.807, 2.05) is 24.3 Å². The number of methoxy groups -OCH3 is 2. The Morgan fingerprint density at radius 3 is 2.48 bits per heavy atom. The maximum Gasteiger partial charge on any atom is 0.334 e. The predicted molar refractivity (Wildman–Crippen MR) is 118 cm³/mol. The van der Waals surface area contributed by atoms with Crippen molar-refractivity contribution in [2.75, 3.05) is 26.2 Å². The summed E-state index contributed by atoms with van der Waals surface area (Å²) < 4.78 is 12.2. The minimum absolute atomic E-state index is 0.0211. The van der Waals surface area contributed by atoms with Gasteiger partial charge < -0.3 is 14.4 Å². The molecule has 4 rings (SSSR count). The third-order valence-electron chi connectivity index (χ3n) is 6.51. The molecule has 5 heteroatoms. The van der Waals surface area contributed by atoms with Crippen molar-refractivity contribution in [2.45, 2.75) is 25.0 Å². The number of hydrogen-bond acceptors (Lipinski definition) is 4. The van der Waals surface area contributed by atoms with Gasteiger partial charge in [-0.25, -0.2) is 4.79 Å². The Hall–Kier alpha value is -2.11. The minimum Gasteiger partial charge on any atom is -0.466 e. The van der Waals surface area contributed by atoms with Gasteiger partial charge in [0.15, 0.2) is 0 Å². The van der Waals surface area contributed by atoms with Gasteiger partial charge in [-0.3, -0.25) is 0 Å². The average molecular weight is 456 g/mol. The molecule has 4 nitrogen and oxygen atoms in total. The van der Waals surface area contributed by atoms with Crippen molar-refractivity contribution in [3.8, 4) is 0 Å². The van der Waals surface area contributed by atoms with Gasteiger partial charge in [0.25, 0.3) is 0 Å². The van der Waals surface area contributed by atoms with Gasteiger partial charge in [-0.15, -0.1) is 0 Å². The molecule has 0 amide bonds. The molecule has 0 spiro atoms. The maximum atomic E-state index is 12.7. The largest absolute Gasteiger partial charge is 0.466 e. The molecule has 2 aromatic carbocycles. The van der Waals surface area contributed by atoms with E-state index in [4.69, 9.17) is 9.47 Å². The molecular formula is C24H26BrNO3. The molecule has 0 aromatic heterocycles. The van der Waals surface area contributed by atoms with E-state index >= 15 is 0 Å². The lowest BCUT2D eigenvalue weighted by Gasteiger charge is -2.35. The first-order valence-corrected chi connectivity index (χ1v) is 10.7. The van der Waals surface area contributed by atoms with Crippen LogP contribution in [-0.4, -0.2) is 33.3 Å². The lowest BCUT2D eigenvalue weighted by atomic mass is 9.80. The first-order valence-electron chi connectivity index (χ1n) is 9.88. The van der Waals surface area contributed by atoms with Crippen molar-refractivity contribution >= 4 is 27.6 Å². The molecule has 2 aromatic rings. The van der Waals surface area contributed by atoms with E-state index in [1.165, 1.54) is 18.4 Å². The van der Waals surface area contributed by atoms with Crippen LogP contribution in [0.2, 0.25) is 0 Å². The Labute approximate surface area is 180 Å². The highest BCUT2D eigenvalue weighted by Gasteiger charge is 2.51. The van der Waals surface area contributed by atoms with E-state index in [0.717, 1.165) is 15.6 Å². The Kier molecular flexibility index (Phi) is 5.54. The smallest absolute Gasteiger partial charge is 0.334 e. The molecular weight excluding hydrogens is 430 g/mol. The van der Waals surface area contributed by atoms with E-state index in [9.17, 15) is 4.79 Å². The summed E-state index contributed by atoms with van der Waals surface area (Å²) in [5, 5.41) is 0. The second-order valence-corrected chi connectivity index (χ2v) is 8.72. The number of carbonyl (C=O) groups excluding carboxylic acids is 1. The van der Waals surface area contributed by atoms with Crippen LogP contribution < -0.4 is 4.90 Å². The Morgan fingerprint density at radius 2 is 1.79 bits per heavy atom. The van der Waals surface area contributed by atoms with Crippen molar-refractivity contribution in [3.05, 3.63) is 75.8 Å². The molecule has 0 saturated heterocycles. The third-order valence-corrected chi connectivity index (χ3v) is 7.24. The number of rotatable bonds is 5. The molecule has 29 heavy (non-hydrogen) atoms. The zero-order valence-corrected chi connectivity index (χ0v) is 18.7. The van der Waals surface area contributed by atoms with Gasteiger partial charge >= 0.3 is 5.97 Å². The molecule has 1 aliphatic carbocycles. The fourth-order valence-corrected chi connectivity index (χ4v) is 5.70. The highest BCUT2D eigenvalue weighted by Crippen LogP contribution is 2.54. The van der Waals surface area contributed by atoms with Gasteiger partial charge in [0.1, 0.15) is 0 Å². The standard InChI is InChI=1S/C24H26BrNO3/c1-14(23(28-3)15-9-5-7-11-19(15)25)17-13-18(24(27)29-4)21-16-10-6-8-12-20(16)26(2)22(17)21/h5-14,17,21-23H,1-4H3/t14-,17-,21+,22-,23+/m1/s1. The number of para-hydroxylation sites is 1. The molecule has 0 fully saturated rings. The number of esters is 1. The van der Waals surface area contributed by atoms with Crippen molar-refractivity contribution in [2.24, 2.45) is 11.8 Å². The maximum absolute atomic E-state index is 12.7. The summed E-state index contributed by atoms with van der Waals surface area (Å²) in [5.74, 6) is 0.0798. The van der Waals surface area contributed by atoms with Crippen molar-refractivity contribution in [1.82, 2.24) is 0 Å². The quantitative estimate of drug-likeness (QED) is 0.587. The molecule has 1 heterocycles. The van der Waals surface area contributed by atoms with Gasteiger partial charge in [-0.1, -0.05) is 65.3 Å². The molecule has 0 bridgehead atoms. The number of hydrogen-bond donors (Lipinski definition) is 0. The van der Waals surface area contributed by atoms with Gasteiger partial charge in [-0.05, 0) is 29.2 Å².